The Morgan fingerprint density at radius 2 is 2.08 bits per heavy atom. The molecule has 24 heavy (non-hydrogen) atoms. The molecular weight excluding hydrogens is 300 g/mol. The number of carbonyl (C=O) groups is 1. The van der Waals surface area contributed by atoms with Crippen LogP contribution in [-0.2, 0) is 13.5 Å². The van der Waals surface area contributed by atoms with Gasteiger partial charge in [0.2, 0.25) is 0 Å². The maximum absolute atomic E-state index is 12.6. The molecule has 0 saturated carbocycles. The molecule has 2 heterocycles. The fourth-order valence-electron chi connectivity index (χ4n) is 3.24. The van der Waals surface area contributed by atoms with E-state index in [1.54, 1.807) is 23.3 Å². The first kappa shape index (κ1) is 14.6. The lowest BCUT2D eigenvalue weighted by molar-refractivity contribution is 0.0936. The third-order valence-electron chi connectivity index (χ3n) is 4.48. The Hall–Kier alpha value is -2.95. The number of nitrogens with zero attached hydrogens (tertiary/aromatic N) is 3. The number of pyridine rings is 1. The summed E-state index contributed by atoms with van der Waals surface area (Å²) in [5.41, 5.74) is 4.96. The molecule has 120 valence electrons. The lowest BCUT2D eigenvalue weighted by Crippen LogP contribution is -2.27. The standard InChI is InChI=1S/C19H18N4O/c1-23-12-16(11-21-23)14-8-15(10-20-9-14)19(24)22-18-7-6-13-4-2-3-5-17(13)18/h2-5,8-12,18H,6-7H2,1H3,(H,22,24)/t18-/m1/s1. The predicted octanol–water partition coefficient (Wildman–Crippen LogP) is 2.90. The van der Waals surface area contributed by atoms with Crippen LogP contribution in [0.3, 0.4) is 0 Å². The van der Waals surface area contributed by atoms with Gasteiger partial charge < -0.3 is 5.32 Å². The fourth-order valence-corrected chi connectivity index (χ4v) is 3.24. The lowest BCUT2D eigenvalue weighted by Gasteiger charge is -2.14. The molecule has 1 atom stereocenters. The van der Waals surface area contributed by atoms with Crippen LogP contribution < -0.4 is 5.32 Å². The van der Waals surface area contributed by atoms with Gasteiger partial charge in [-0.2, -0.15) is 5.10 Å². The van der Waals surface area contributed by atoms with Crippen molar-refractivity contribution in [1.29, 1.82) is 0 Å². The van der Waals surface area contributed by atoms with Gasteiger partial charge in [0.15, 0.2) is 0 Å². The van der Waals surface area contributed by atoms with E-state index in [4.69, 9.17) is 0 Å². The van der Waals surface area contributed by atoms with Crippen LogP contribution in [0.1, 0.15) is 33.9 Å². The number of hydrogen-bond acceptors (Lipinski definition) is 3. The van der Waals surface area contributed by atoms with E-state index in [0.717, 1.165) is 24.0 Å². The highest BCUT2D eigenvalue weighted by atomic mass is 16.1. The molecule has 0 fully saturated rings. The molecule has 2 aromatic heterocycles. The monoisotopic (exact) mass is 318 g/mol. The van der Waals surface area contributed by atoms with E-state index in [9.17, 15) is 4.79 Å². The summed E-state index contributed by atoms with van der Waals surface area (Å²) in [6, 6.07) is 10.2. The molecule has 0 radical (unpaired) electrons. The molecule has 1 aromatic carbocycles. The maximum atomic E-state index is 12.6. The highest BCUT2D eigenvalue weighted by Crippen LogP contribution is 2.31. The Kier molecular flexibility index (Phi) is 3.61. The molecule has 1 amide bonds. The van der Waals surface area contributed by atoms with Crippen molar-refractivity contribution in [3.8, 4) is 11.1 Å². The summed E-state index contributed by atoms with van der Waals surface area (Å²) in [7, 11) is 1.87. The molecule has 0 aliphatic heterocycles. The number of amides is 1. The third-order valence-corrected chi connectivity index (χ3v) is 4.48. The smallest absolute Gasteiger partial charge is 0.253 e. The number of nitrogens with one attached hydrogen (secondary N) is 1. The van der Waals surface area contributed by atoms with Crippen LogP contribution in [0.4, 0.5) is 0 Å². The minimum Gasteiger partial charge on any atom is -0.345 e. The van der Waals surface area contributed by atoms with E-state index in [1.165, 1.54) is 11.1 Å². The van der Waals surface area contributed by atoms with Crippen LogP contribution in [0.2, 0.25) is 0 Å². The van der Waals surface area contributed by atoms with Gasteiger partial charge in [-0.3, -0.25) is 14.5 Å². The van der Waals surface area contributed by atoms with Gasteiger partial charge in [0.05, 0.1) is 17.8 Å². The number of aromatic nitrogens is 3. The van der Waals surface area contributed by atoms with Crippen molar-refractivity contribution in [1.82, 2.24) is 20.1 Å². The summed E-state index contributed by atoms with van der Waals surface area (Å²) in [5.74, 6) is -0.0880. The van der Waals surface area contributed by atoms with Gasteiger partial charge in [-0.1, -0.05) is 24.3 Å². The van der Waals surface area contributed by atoms with Gasteiger partial charge in [0.25, 0.3) is 5.91 Å². The van der Waals surface area contributed by atoms with Crippen LogP contribution in [0.5, 0.6) is 0 Å². The van der Waals surface area contributed by atoms with Crippen LogP contribution in [-0.4, -0.2) is 20.7 Å². The summed E-state index contributed by atoms with van der Waals surface area (Å²) in [5, 5.41) is 7.30. The van der Waals surface area contributed by atoms with Crippen LogP contribution in [0, 0.1) is 0 Å². The molecule has 0 unspecified atom stereocenters. The molecule has 0 spiro atoms. The van der Waals surface area contributed by atoms with Gasteiger partial charge >= 0.3 is 0 Å². The molecule has 5 heteroatoms. The van der Waals surface area contributed by atoms with E-state index in [1.807, 2.05) is 31.4 Å². The van der Waals surface area contributed by atoms with Crippen molar-refractivity contribution in [3.05, 3.63) is 71.8 Å². The Balaban J connectivity index is 1.55. The average Bonchev–Trinajstić information content (AvgIpc) is 3.22. The Morgan fingerprint density at radius 1 is 1.21 bits per heavy atom. The van der Waals surface area contributed by atoms with Gasteiger partial charge in [-0.05, 0) is 30.0 Å². The molecule has 1 N–H and O–H groups in total. The van der Waals surface area contributed by atoms with Gasteiger partial charge in [-0.15, -0.1) is 0 Å². The number of aryl methyl sites for hydroxylation is 2. The van der Waals surface area contributed by atoms with Crippen molar-refractivity contribution >= 4 is 5.91 Å². The molecule has 0 saturated heterocycles. The lowest BCUT2D eigenvalue weighted by atomic mass is 10.1. The van der Waals surface area contributed by atoms with E-state index in [0.29, 0.717) is 5.56 Å². The largest absolute Gasteiger partial charge is 0.345 e. The molecule has 3 aromatic rings. The van der Waals surface area contributed by atoms with Crippen LogP contribution in [0.15, 0.2) is 55.1 Å². The van der Waals surface area contributed by atoms with Gasteiger partial charge in [0, 0.05) is 36.8 Å². The SMILES string of the molecule is Cn1cc(-c2cncc(C(=O)N[C@@H]3CCc4ccccc43)c2)cn1. The Bertz CT molecular complexity index is 900. The van der Waals surface area contributed by atoms with Crippen molar-refractivity contribution in [2.45, 2.75) is 18.9 Å². The minimum absolute atomic E-state index is 0.0794. The van der Waals surface area contributed by atoms with Crippen molar-refractivity contribution in [3.63, 3.8) is 0 Å². The summed E-state index contributed by atoms with van der Waals surface area (Å²) in [4.78, 5) is 16.8. The van der Waals surface area contributed by atoms with Crippen molar-refractivity contribution in [2.75, 3.05) is 0 Å². The van der Waals surface area contributed by atoms with Gasteiger partial charge in [-0.25, -0.2) is 0 Å². The summed E-state index contributed by atoms with van der Waals surface area (Å²) >= 11 is 0. The second-order valence-electron chi connectivity index (χ2n) is 6.13. The zero-order valence-electron chi connectivity index (χ0n) is 13.4. The summed E-state index contributed by atoms with van der Waals surface area (Å²) < 4.78 is 1.73. The molecule has 1 aliphatic carbocycles. The van der Waals surface area contributed by atoms with Crippen LogP contribution in [0.25, 0.3) is 11.1 Å². The third kappa shape index (κ3) is 2.69. The topological polar surface area (TPSA) is 59.8 Å². The first-order valence-electron chi connectivity index (χ1n) is 8.03. The minimum atomic E-state index is -0.0880. The summed E-state index contributed by atoms with van der Waals surface area (Å²) in [6.45, 7) is 0. The number of hydrogen-bond donors (Lipinski definition) is 1. The first-order chi connectivity index (χ1) is 11.7. The van der Waals surface area contributed by atoms with Crippen molar-refractivity contribution in [2.24, 2.45) is 7.05 Å². The second kappa shape index (κ2) is 5.92. The predicted molar refractivity (Wildman–Crippen MR) is 91.4 cm³/mol. The first-order valence-corrected chi connectivity index (χ1v) is 8.03. The number of rotatable bonds is 3. The average molecular weight is 318 g/mol. The quantitative estimate of drug-likeness (QED) is 0.808. The molecule has 5 nitrogen and oxygen atoms in total. The van der Waals surface area contributed by atoms with Crippen LogP contribution >= 0.6 is 0 Å². The molecule has 1 aliphatic rings. The normalized spacial score (nSPS) is 16.0. The maximum Gasteiger partial charge on any atom is 0.253 e. The highest BCUT2D eigenvalue weighted by Gasteiger charge is 2.24. The number of carbonyl (C=O) groups excluding carboxylic acids is 1. The second-order valence-corrected chi connectivity index (χ2v) is 6.13. The highest BCUT2D eigenvalue weighted by molar-refractivity contribution is 5.95. The van der Waals surface area contributed by atoms with Gasteiger partial charge in [0.1, 0.15) is 0 Å². The van der Waals surface area contributed by atoms with E-state index in [-0.39, 0.29) is 11.9 Å². The molecule has 4 rings (SSSR count). The molecule has 0 bridgehead atoms. The van der Waals surface area contributed by atoms with E-state index in [2.05, 4.69) is 27.5 Å². The molecular formula is C19H18N4O. The number of fused-ring (bicyclic) bond motifs is 1. The number of benzene rings is 1. The van der Waals surface area contributed by atoms with E-state index < -0.39 is 0 Å². The zero-order chi connectivity index (χ0) is 16.5. The van der Waals surface area contributed by atoms with Crippen molar-refractivity contribution < 1.29 is 4.79 Å². The van der Waals surface area contributed by atoms with E-state index >= 15 is 0 Å². The Morgan fingerprint density at radius 3 is 2.92 bits per heavy atom. The summed E-state index contributed by atoms with van der Waals surface area (Å²) in [6.07, 6.45) is 8.99. The Labute approximate surface area is 140 Å². The fraction of sp³-hybridized carbons (Fsp3) is 0.211. The zero-order valence-corrected chi connectivity index (χ0v) is 13.4.